The molecule has 0 saturated carbocycles. The van der Waals surface area contributed by atoms with Crippen LogP contribution >= 0.6 is 23.7 Å². The summed E-state index contributed by atoms with van der Waals surface area (Å²) in [6, 6.07) is -0.468. The summed E-state index contributed by atoms with van der Waals surface area (Å²) in [7, 11) is 0. The zero-order valence-electron chi connectivity index (χ0n) is 11.6. The van der Waals surface area contributed by atoms with Crippen LogP contribution in [-0.2, 0) is 17.6 Å². The molecule has 19 heavy (non-hydrogen) atoms. The van der Waals surface area contributed by atoms with Gasteiger partial charge in [-0.1, -0.05) is 20.8 Å². The largest absolute Gasteiger partial charge is 0.320 e. The van der Waals surface area contributed by atoms with Crippen molar-refractivity contribution in [2.24, 2.45) is 17.6 Å². The number of anilines is 1. The summed E-state index contributed by atoms with van der Waals surface area (Å²) < 4.78 is 0. The monoisotopic (exact) mass is 303 g/mol. The van der Waals surface area contributed by atoms with Crippen LogP contribution in [0.3, 0.4) is 0 Å². The van der Waals surface area contributed by atoms with Gasteiger partial charge >= 0.3 is 0 Å². The highest BCUT2D eigenvalue weighted by atomic mass is 35.5. The second kappa shape index (κ2) is 6.68. The highest BCUT2D eigenvalue weighted by Gasteiger charge is 2.22. The third kappa shape index (κ3) is 3.91. The van der Waals surface area contributed by atoms with Gasteiger partial charge in [0.25, 0.3) is 0 Å². The predicted octanol–water partition coefficient (Wildman–Crippen LogP) is 2.61. The van der Waals surface area contributed by atoms with Crippen LogP contribution in [0.15, 0.2) is 0 Å². The summed E-state index contributed by atoms with van der Waals surface area (Å²) >= 11 is 1.60. The van der Waals surface area contributed by atoms with Gasteiger partial charge in [-0.2, -0.15) is 0 Å². The number of aryl methyl sites for hydroxylation is 1. The molecule has 4 nitrogen and oxygen atoms in total. The van der Waals surface area contributed by atoms with Gasteiger partial charge in [-0.3, -0.25) is 4.79 Å². The topological polar surface area (TPSA) is 68.0 Å². The number of rotatable bonds is 3. The van der Waals surface area contributed by atoms with Crippen LogP contribution in [0.1, 0.15) is 37.8 Å². The molecule has 0 fully saturated rings. The quantitative estimate of drug-likeness (QED) is 0.902. The smallest absolute Gasteiger partial charge is 0.243 e. The molecule has 0 bridgehead atoms. The predicted molar refractivity (Wildman–Crippen MR) is 82.0 cm³/mol. The number of nitrogens with one attached hydrogen (secondary N) is 1. The second-order valence-corrected chi connectivity index (χ2v) is 6.58. The Kier molecular flexibility index (Phi) is 5.77. The molecule has 2 rings (SSSR count). The number of hydrogen-bond donors (Lipinski definition) is 2. The van der Waals surface area contributed by atoms with Gasteiger partial charge in [-0.15, -0.1) is 23.7 Å². The maximum atomic E-state index is 11.9. The zero-order chi connectivity index (χ0) is 13.3. The SMILES string of the molecule is CC1CCc2nc(NC(=O)C(N)C(C)C)sc2C1.Cl. The molecule has 2 atom stereocenters. The fraction of sp³-hybridized carbons (Fsp3) is 0.692. The van der Waals surface area contributed by atoms with E-state index < -0.39 is 6.04 Å². The number of nitrogens with two attached hydrogens (primary N) is 1. The average Bonchev–Trinajstić information content (AvgIpc) is 2.68. The van der Waals surface area contributed by atoms with Crippen LogP contribution in [0.4, 0.5) is 5.13 Å². The fourth-order valence-corrected chi connectivity index (χ4v) is 3.26. The van der Waals surface area contributed by atoms with Crippen molar-refractivity contribution >= 4 is 34.8 Å². The maximum absolute atomic E-state index is 11.9. The van der Waals surface area contributed by atoms with Gasteiger partial charge < -0.3 is 11.1 Å². The number of amides is 1. The first-order valence-corrected chi connectivity index (χ1v) is 7.34. The lowest BCUT2D eigenvalue weighted by atomic mass is 9.93. The van der Waals surface area contributed by atoms with Crippen LogP contribution in [0, 0.1) is 11.8 Å². The lowest BCUT2D eigenvalue weighted by Crippen LogP contribution is -2.39. The molecule has 3 N–H and O–H groups in total. The number of fused-ring (bicyclic) bond motifs is 1. The molecule has 1 heterocycles. The maximum Gasteiger partial charge on any atom is 0.243 e. The summed E-state index contributed by atoms with van der Waals surface area (Å²) in [5, 5.41) is 3.54. The van der Waals surface area contributed by atoms with Crippen molar-refractivity contribution in [1.29, 1.82) is 0 Å². The molecule has 0 spiro atoms. The van der Waals surface area contributed by atoms with E-state index in [9.17, 15) is 4.79 Å². The van der Waals surface area contributed by atoms with E-state index in [4.69, 9.17) is 5.73 Å². The summed E-state index contributed by atoms with van der Waals surface area (Å²) in [6.45, 7) is 6.15. The number of aromatic nitrogens is 1. The van der Waals surface area contributed by atoms with Crippen LogP contribution < -0.4 is 11.1 Å². The van der Waals surface area contributed by atoms with E-state index in [1.807, 2.05) is 13.8 Å². The molecule has 0 aromatic carbocycles. The minimum atomic E-state index is -0.468. The molecular formula is C13H22ClN3OS. The molecule has 2 unspecified atom stereocenters. The molecule has 1 aromatic heterocycles. The Morgan fingerprint density at radius 1 is 1.53 bits per heavy atom. The van der Waals surface area contributed by atoms with Crippen LogP contribution in [0.5, 0.6) is 0 Å². The number of carbonyl (C=O) groups is 1. The number of halogens is 1. The third-order valence-corrected chi connectivity index (χ3v) is 4.47. The molecule has 0 aliphatic heterocycles. The molecule has 0 saturated heterocycles. The molecule has 0 radical (unpaired) electrons. The highest BCUT2D eigenvalue weighted by molar-refractivity contribution is 7.15. The standard InChI is InChI=1S/C13H21N3OS.ClH/c1-7(2)11(14)12(17)16-13-15-9-5-4-8(3)6-10(9)18-13;/h7-8,11H,4-6,14H2,1-3H3,(H,15,16,17);1H. The Hall–Kier alpha value is -0.650. The van der Waals surface area contributed by atoms with Gasteiger partial charge in [0.15, 0.2) is 5.13 Å². The third-order valence-electron chi connectivity index (χ3n) is 3.44. The molecule has 108 valence electrons. The van der Waals surface area contributed by atoms with Crippen LogP contribution in [-0.4, -0.2) is 16.9 Å². The minimum absolute atomic E-state index is 0. The summed E-state index contributed by atoms with van der Waals surface area (Å²) in [6.07, 6.45) is 3.30. The van der Waals surface area contributed by atoms with E-state index in [0.717, 1.165) is 24.5 Å². The average molecular weight is 304 g/mol. The van der Waals surface area contributed by atoms with Gasteiger partial charge in [-0.05, 0) is 31.1 Å². The molecule has 1 aromatic rings. The van der Waals surface area contributed by atoms with Crippen molar-refractivity contribution < 1.29 is 4.79 Å². The van der Waals surface area contributed by atoms with Crippen LogP contribution in [0.25, 0.3) is 0 Å². The number of thiazole rings is 1. The Balaban J connectivity index is 0.00000180. The van der Waals surface area contributed by atoms with E-state index in [2.05, 4.69) is 17.2 Å². The lowest BCUT2D eigenvalue weighted by molar-refractivity contribution is -0.118. The first-order chi connectivity index (χ1) is 8.47. The number of nitrogens with zero attached hydrogens (tertiary/aromatic N) is 1. The summed E-state index contributed by atoms with van der Waals surface area (Å²) in [5.74, 6) is 0.725. The van der Waals surface area contributed by atoms with E-state index in [1.54, 1.807) is 11.3 Å². The highest BCUT2D eigenvalue weighted by Crippen LogP contribution is 2.32. The molecule has 1 amide bonds. The minimum Gasteiger partial charge on any atom is -0.320 e. The fourth-order valence-electron chi connectivity index (χ4n) is 2.08. The molecular weight excluding hydrogens is 282 g/mol. The molecule has 1 aliphatic carbocycles. The van der Waals surface area contributed by atoms with Crippen molar-refractivity contribution in [3.05, 3.63) is 10.6 Å². The van der Waals surface area contributed by atoms with Gasteiger partial charge in [0.1, 0.15) is 0 Å². The van der Waals surface area contributed by atoms with Crippen LogP contribution in [0.2, 0.25) is 0 Å². The van der Waals surface area contributed by atoms with Gasteiger partial charge in [-0.25, -0.2) is 4.98 Å². The summed E-state index contributed by atoms with van der Waals surface area (Å²) in [4.78, 5) is 17.7. The van der Waals surface area contributed by atoms with E-state index in [0.29, 0.717) is 5.13 Å². The first-order valence-electron chi connectivity index (χ1n) is 6.52. The van der Waals surface area contributed by atoms with Gasteiger partial charge in [0, 0.05) is 4.88 Å². The molecule has 1 aliphatic rings. The molecule has 6 heteroatoms. The first kappa shape index (κ1) is 16.4. The zero-order valence-corrected chi connectivity index (χ0v) is 13.2. The summed E-state index contributed by atoms with van der Waals surface area (Å²) in [5.41, 5.74) is 6.98. The normalized spacial score (nSPS) is 19.5. The lowest BCUT2D eigenvalue weighted by Gasteiger charge is -2.15. The van der Waals surface area contributed by atoms with Crippen molar-refractivity contribution in [1.82, 2.24) is 4.98 Å². The Morgan fingerprint density at radius 3 is 2.84 bits per heavy atom. The van der Waals surface area contributed by atoms with E-state index in [-0.39, 0.29) is 24.2 Å². The number of carbonyl (C=O) groups excluding carboxylic acids is 1. The van der Waals surface area contributed by atoms with Crippen molar-refractivity contribution in [2.75, 3.05) is 5.32 Å². The van der Waals surface area contributed by atoms with Gasteiger partial charge in [0.05, 0.1) is 11.7 Å². The van der Waals surface area contributed by atoms with Gasteiger partial charge in [0.2, 0.25) is 5.91 Å². The van der Waals surface area contributed by atoms with E-state index in [1.165, 1.54) is 11.3 Å². The van der Waals surface area contributed by atoms with E-state index >= 15 is 0 Å². The van der Waals surface area contributed by atoms with Crippen molar-refractivity contribution in [3.63, 3.8) is 0 Å². The number of hydrogen-bond acceptors (Lipinski definition) is 4. The Morgan fingerprint density at radius 2 is 2.21 bits per heavy atom. The Labute approximate surface area is 124 Å². The second-order valence-electron chi connectivity index (χ2n) is 5.50. The van der Waals surface area contributed by atoms with Crippen molar-refractivity contribution in [2.45, 2.75) is 46.1 Å². The van der Waals surface area contributed by atoms with Crippen molar-refractivity contribution in [3.8, 4) is 0 Å². The Bertz CT molecular complexity index is 447.